The van der Waals surface area contributed by atoms with E-state index in [0.29, 0.717) is 24.0 Å². The lowest BCUT2D eigenvalue weighted by atomic mass is 9.62. The third-order valence-corrected chi connectivity index (χ3v) is 6.89. The number of fused-ring (bicyclic) bond motifs is 6. The van der Waals surface area contributed by atoms with Crippen molar-refractivity contribution in [2.24, 2.45) is 11.8 Å². The zero-order chi connectivity index (χ0) is 17.0. The Labute approximate surface area is 150 Å². The van der Waals surface area contributed by atoms with Crippen molar-refractivity contribution < 1.29 is 4.79 Å². The molecule has 0 heterocycles. The first-order chi connectivity index (χ1) is 12.2. The van der Waals surface area contributed by atoms with Crippen molar-refractivity contribution in [1.82, 2.24) is 0 Å². The molecule has 3 aliphatic carbocycles. The SMILES string of the molecule is CCCCc1ccc2cc3c(cc2c1)C1(CC(=O)C3)CC2C=CC1C2. The van der Waals surface area contributed by atoms with Gasteiger partial charge in [0.15, 0.2) is 0 Å². The van der Waals surface area contributed by atoms with Gasteiger partial charge < -0.3 is 0 Å². The second-order valence-electron chi connectivity index (χ2n) is 8.53. The average Bonchev–Trinajstić information content (AvgIpc) is 3.20. The van der Waals surface area contributed by atoms with Crippen LogP contribution in [0.25, 0.3) is 10.8 Å². The van der Waals surface area contributed by atoms with E-state index >= 15 is 0 Å². The van der Waals surface area contributed by atoms with E-state index in [1.165, 1.54) is 59.6 Å². The number of benzene rings is 2. The Morgan fingerprint density at radius 2 is 2.04 bits per heavy atom. The first-order valence-corrected chi connectivity index (χ1v) is 9.94. The molecule has 3 atom stereocenters. The quantitative estimate of drug-likeness (QED) is 0.676. The summed E-state index contributed by atoms with van der Waals surface area (Å²) in [5.41, 5.74) is 4.33. The van der Waals surface area contributed by atoms with Crippen LogP contribution in [-0.2, 0) is 23.1 Å². The van der Waals surface area contributed by atoms with E-state index in [2.05, 4.69) is 49.4 Å². The Hall–Kier alpha value is -1.89. The van der Waals surface area contributed by atoms with E-state index in [1.807, 2.05) is 0 Å². The number of carbonyl (C=O) groups is 1. The predicted octanol–water partition coefficient (Wildman–Crippen LogP) is 5.53. The van der Waals surface area contributed by atoms with E-state index < -0.39 is 0 Å². The maximum absolute atomic E-state index is 12.5. The highest BCUT2D eigenvalue weighted by Crippen LogP contribution is 2.57. The van der Waals surface area contributed by atoms with Crippen LogP contribution in [0.5, 0.6) is 0 Å². The van der Waals surface area contributed by atoms with Crippen molar-refractivity contribution in [2.45, 2.75) is 57.3 Å². The summed E-state index contributed by atoms with van der Waals surface area (Å²) in [6, 6.07) is 11.7. The van der Waals surface area contributed by atoms with Crippen molar-refractivity contribution in [1.29, 1.82) is 0 Å². The summed E-state index contributed by atoms with van der Waals surface area (Å²) in [4.78, 5) is 12.5. The van der Waals surface area contributed by atoms with Crippen molar-refractivity contribution in [3.8, 4) is 0 Å². The molecule has 0 radical (unpaired) electrons. The Morgan fingerprint density at radius 1 is 1.12 bits per heavy atom. The second kappa shape index (κ2) is 5.56. The van der Waals surface area contributed by atoms with Crippen LogP contribution >= 0.6 is 0 Å². The summed E-state index contributed by atoms with van der Waals surface area (Å²) >= 11 is 0. The van der Waals surface area contributed by atoms with Crippen molar-refractivity contribution in [3.05, 3.63) is 59.2 Å². The maximum atomic E-state index is 12.5. The minimum absolute atomic E-state index is 0.0949. The molecule has 1 spiro atoms. The van der Waals surface area contributed by atoms with Gasteiger partial charge in [-0.25, -0.2) is 0 Å². The number of ketones is 1. The Morgan fingerprint density at radius 3 is 2.80 bits per heavy atom. The fourth-order valence-corrected chi connectivity index (χ4v) is 5.73. The van der Waals surface area contributed by atoms with Crippen LogP contribution in [0.4, 0.5) is 0 Å². The molecule has 0 aliphatic heterocycles. The predicted molar refractivity (Wildman–Crippen MR) is 103 cm³/mol. The van der Waals surface area contributed by atoms with Crippen LogP contribution in [0.3, 0.4) is 0 Å². The van der Waals surface area contributed by atoms with Gasteiger partial charge in [-0.15, -0.1) is 0 Å². The number of Topliss-reactive ketones (excluding diaryl/α,β-unsaturated/α-hetero) is 1. The highest BCUT2D eigenvalue weighted by molar-refractivity contribution is 5.91. The molecule has 2 aromatic carbocycles. The van der Waals surface area contributed by atoms with Gasteiger partial charge in [-0.2, -0.15) is 0 Å². The summed E-state index contributed by atoms with van der Waals surface area (Å²) in [5, 5.41) is 2.66. The molecule has 5 rings (SSSR count). The molecule has 25 heavy (non-hydrogen) atoms. The summed E-state index contributed by atoms with van der Waals surface area (Å²) in [5.74, 6) is 1.70. The Bertz CT molecular complexity index is 890. The van der Waals surface area contributed by atoms with E-state index in [4.69, 9.17) is 0 Å². The fourth-order valence-electron chi connectivity index (χ4n) is 5.73. The molecule has 2 aromatic rings. The average molecular weight is 330 g/mol. The van der Waals surface area contributed by atoms with Crippen molar-refractivity contribution in [3.63, 3.8) is 0 Å². The topological polar surface area (TPSA) is 17.1 Å². The Kier molecular flexibility index (Phi) is 3.42. The molecule has 0 aromatic heterocycles. The van der Waals surface area contributed by atoms with E-state index in [1.54, 1.807) is 0 Å². The number of hydrogen-bond acceptors (Lipinski definition) is 1. The lowest BCUT2D eigenvalue weighted by Crippen LogP contribution is -2.38. The molecule has 128 valence electrons. The second-order valence-corrected chi connectivity index (χ2v) is 8.53. The van der Waals surface area contributed by atoms with Crippen LogP contribution in [0.1, 0.15) is 55.7 Å². The van der Waals surface area contributed by atoms with Gasteiger partial charge in [0.1, 0.15) is 5.78 Å². The molecule has 1 nitrogen and oxygen atoms in total. The smallest absolute Gasteiger partial charge is 0.138 e. The highest BCUT2D eigenvalue weighted by atomic mass is 16.1. The number of hydrogen-bond donors (Lipinski definition) is 0. The van der Waals surface area contributed by atoms with Crippen molar-refractivity contribution in [2.75, 3.05) is 0 Å². The van der Waals surface area contributed by atoms with Gasteiger partial charge in [0.05, 0.1) is 0 Å². The molecule has 0 saturated heterocycles. The molecular weight excluding hydrogens is 304 g/mol. The lowest BCUT2D eigenvalue weighted by molar-refractivity contribution is -0.120. The van der Waals surface area contributed by atoms with Gasteiger partial charge in [0.25, 0.3) is 0 Å². The molecule has 1 saturated carbocycles. The van der Waals surface area contributed by atoms with Crippen LogP contribution < -0.4 is 0 Å². The first kappa shape index (κ1) is 15.4. The minimum Gasteiger partial charge on any atom is -0.299 e. The number of carbonyl (C=O) groups excluding carboxylic acids is 1. The van der Waals surface area contributed by atoms with Crippen molar-refractivity contribution >= 4 is 16.6 Å². The van der Waals surface area contributed by atoms with E-state index in [9.17, 15) is 4.79 Å². The Balaban J connectivity index is 1.65. The van der Waals surface area contributed by atoms with Gasteiger partial charge in [-0.1, -0.05) is 55.8 Å². The van der Waals surface area contributed by atoms with Crippen LogP contribution in [0, 0.1) is 11.8 Å². The van der Waals surface area contributed by atoms with Crippen LogP contribution in [0.15, 0.2) is 42.5 Å². The number of aryl methyl sites for hydroxylation is 1. The largest absolute Gasteiger partial charge is 0.299 e. The summed E-state index contributed by atoms with van der Waals surface area (Å²) in [6.07, 6.45) is 12.3. The maximum Gasteiger partial charge on any atom is 0.138 e. The molecule has 0 N–H and O–H groups in total. The van der Waals surface area contributed by atoms with Gasteiger partial charge in [-0.3, -0.25) is 4.79 Å². The number of rotatable bonds is 3. The first-order valence-electron chi connectivity index (χ1n) is 9.94. The van der Waals surface area contributed by atoms with Gasteiger partial charge in [-0.05, 0) is 65.0 Å². The third kappa shape index (κ3) is 2.32. The lowest BCUT2D eigenvalue weighted by Gasteiger charge is -2.40. The van der Waals surface area contributed by atoms with Crippen LogP contribution in [0.2, 0.25) is 0 Å². The van der Waals surface area contributed by atoms with Gasteiger partial charge in [0.2, 0.25) is 0 Å². The molecule has 1 heteroatoms. The summed E-state index contributed by atoms with van der Waals surface area (Å²) in [7, 11) is 0. The fraction of sp³-hybridized carbons (Fsp3) is 0.458. The third-order valence-electron chi connectivity index (χ3n) is 6.89. The van der Waals surface area contributed by atoms with Gasteiger partial charge >= 0.3 is 0 Å². The standard InChI is InChI=1S/C24H26O/c1-2-3-4-16-5-7-18-11-20-12-22(25)15-24(23(20)13-19(18)9-16)14-17-6-8-21(24)10-17/h5-9,11,13,17,21H,2-4,10,12,14-15H2,1H3. The van der Waals surface area contributed by atoms with E-state index in [-0.39, 0.29) is 5.41 Å². The molecule has 3 aliphatic rings. The highest BCUT2D eigenvalue weighted by Gasteiger charge is 2.52. The molecule has 3 unspecified atom stereocenters. The number of allylic oxidation sites excluding steroid dienone is 2. The molecule has 2 bridgehead atoms. The normalized spacial score (nSPS) is 29.7. The molecule has 0 amide bonds. The molecule has 1 fully saturated rings. The molecular formula is C24H26O. The summed E-state index contributed by atoms with van der Waals surface area (Å²) < 4.78 is 0. The summed E-state index contributed by atoms with van der Waals surface area (Å²) in [6.45, 7) is 2.25. The van der Waals surface area contributed by atoms with Gasteiger partial charge in [0, 0.05) is 18.3 Å². The van der Waals surface area contributed by atoms with Crippen LogP contribution in [-0.4, -0.2) is 5.78 Å². The monoisotopic (exact) mass is 330 g/mol. The zero-order valence-electron chi connectivity index (χ0n) is 15.1. The van der Waals surface area contributed by atoms with E-state index in [0.717, 1.165) is 6.42 Å². The number of unbranched alkanes of at least 4 members (excludes halogenated alkanes) is 1. The minimum atomic E-state index is 0.0949. The zero-order valence-corrected chi connectivity index (χ0v) is 15.1.